The highest BCUT2D eigenvalue weighted by Gasteiger charge is 2.60. The smallest absolute Gasteiger partial charge is 0.288 e. The van der Waals surface area contributed by atoms with Crippen LogP contribution in [0.5, 0.6) is 0 Å². The third-order valence-electron chi connectivity index (χ3n) is 3.81. The third kappa shape index (κ3) is 3.65. The summed E-state index contributed by atoms with van der Waals surface area (Å²) in [5.41, 5.74) is -1.36. The fourth-order valence-corrected chi connectivity index (χ4v) is 14.7. The van der Waals surface area contributed by atoms with Crippen molar-refractivity contribution >= 4 is 36.2 Å². The van der Waals surface area contributed by atoms with Gasteiger partial charge in [-0.3, -0.25) is 9.13 Å². The average Bonchev–Trinajstić information content (AvgIpc) is 2.33. The molecule has 0 aromatic heterocycles. The molecule has 114 valence electrons. The zero-order valence-electron chi connectivity index (χ0n) is 13.9. The van der Waals surface area contributed by atoms with Gasteiger partial charge in [-0.05, 0) is 47.0 Å². The summed E-state index contributed by atoms with van der Waals surface area (Å²) in [7, 11) is 0. The molecule has 0 amide bonds. The summed E-state index contributed by atoms with van der Waals surface area (Å²) in [6, 6.07) is 0.553. The van der Waals surface area contributed by atoms with Gasteiger partial charge >= 0.3 is 5.64 Å². The molecule has 0 saturated carbocycles. The lowest BCUT2D eigenvalue weighted by molar-refractivity contribution is 0.115. The van der Waals surface area contributed by atoms with Gasteiger partial charge < -0.3 is 0 Å². The van der Waals surface area contributed by atoms with Crippen LogP contribution in [0.3, 0.4) is 0 Å². The van der Waals surface area contributed by atoms with Crippen LogP contribution in [0.2, 0.25) is 0 Å². The van der Waals surface area contributed by atoms with Crippen LogP contribution in [-0.4, -0.2) is 38.4 Å². The van der Waals surface area contributed by atoms with Crippen LogP contribution in [-0.2, 0) is 0 Å². The number of hydrogen-bond acceptors (Lipinski definition) is 2. The van der Waals surface area contributed by atoms with E-state index in [-0.39, 0.29) is 16.5 Å². The minimum atomic E-state index is -1.95. The van der Waals surface area contributed by atoms with Gasteiger partial charge in [-0.2, -0.15) is 0 Å². The Labute approximate surface area is 136 Å². The lowest BCUT2D eigenvalue weighted by Gasteiger charge is -2.47. The topological polar surface area (TPSA) is 6.48 Å². The number of hydrogen-bond donors (Lipinski definition) is 0. The van der Waals surface area contributed by atoms with Gasteiger partial charge in [-0.25, -0.2) is 0 Å². The molecule has 0 aliphatic carbocycles. The number of halogens is 2. The first-order chi connectivity index (χ1) is 8.09. The Morgan fingerprint density at radius 2 is 1.26 bits per heavy atom. The Kier molecular flexibility index (Phi) is 4.85. The maximum atomic E-state index is 4.09. The molecule has 1 atom stereocenters. The molecule has 0 aromatic rings. The van der Waals surface area contributed by atoms with Crippen LogP contribution in [0, 0.1) is 5.41 Å². The molecule has 0 spiro atoms. The van der Waals surface area contributed by atoms with Gasteiger partial charge in [0.25, 0.3) is 0 Å². The van der Waals surface area contributed by atoms with Crippen molar-refractivity contribution in [1.29, 1.82) is 0 Å². The van der Waals surface area contributed by atoms with Crippen molar-refractivity contribution in [3.63, 3.8) is 0 Å². The molecule has 1 heterocycles. The van der Waals surface area contributed by atoms with Crippen molar-refractivity contribution in [3.8, 4) is 0 Å². The largest absolute Gasteiger partial charge is 0.355 e. The average molecular weight is 414 g/mol. The molecule has 1 aliphatic heterocycles. The zero-order valence-corrected chi connectivity index (χ0v) is 18.1. The summed E-state index contributed by atoms with van der Waals surface area (Å²) >= 11 is 8.17. The highest BCUT2D eigenvalue weighted by atomic mass is 79.9. The summed E-state index contributed by atoms with van der Waals surface area (Å²) in [5.74, 6) is 0. The van der Waals surface area contributed by atoms with Crippen LogP contribution >= 0.6 is 30.6 Å². The molecule has 0 aromatic carbocycles. The first-order valence-electron chi connectivity index (χ1n) is 7.04. The highest BCUT2D eigenvalue weighted by Crippen LogP contribution is 2.48. The molecule has 5 heteroatoms. The Morgan fingerprint density at radius 1 is 0.842 bits per heavy atom. The standard InChI is InChI=1S/C14H30Br2N2Si/c1-12(2,3)11-10-17(13(4,5)6)19(15,16)18(11)14(7,8)9/h11H,10H2,1-9H3. The van der Waals surface area contributed by atoms with E-state index in [1.165, 1.54) is 0 Å². The lowest BCUT2D eigenvalue weighted by Crippen LogP contribution is -2.62. The lowest BCUT2D eigenvalue weighted by atomic mass is 9.84. The van der Waals surface area contributed by atoms with E-state index >= 15 is 0 Å². The van der Waals surface area contributed by atoms with Gasteiger partial charge in [0, 0.05) is 23.7 Å². The summed E-state index contributed by atoms with van der Waals surface area (Å²) in [5, 5.41) is 0. The SMILES string of the molecule is CC(C)(C)C1CN(C(C)(C)C)[Si](Br)(Br)N1C(C)(C)C. The van der Waals surface area contributed by atoms with Crippen molar-refractivity contribution < 1.29 is 0 Å². The van der Waals surface area contributed by atoms with Crippen LogP contribution in [0.15, 0.2) is 0 Å². The summed E-state index contributed by atoms with van der Waals surface area (Å²) in [4.78, 5) is 0. The molecule has 1 aliphatic rings. The van der Waals surface area contributed by atoms with Gasteiger partial charge in [0.2, 0.25) is 0 Å². The van der Waals surface area contributed by atoms with Gasteiger partial charge in [0.1, 0.15) is 0 Å². The second-order valence-electron chi connectivity index (χ2n) is 8.71. The molecule has 0 N–H and O–H groups in total. The van der Waals surface area contributed by atoms with Gasteiger partial charge in [-0.15, -0.1) is 0 Å². The van der Waals surface area contributed by atoms with Gasteiger partial charge in [0.05, 0.1) is 0 Å². The maximum Gasteiger partial charge on any atom is 0.355 e. The monoisotopic (exact) mass is 412 g/mol. The Hall–Kier alpha value is 1.10. The van der Waals surface area contributed by atoms with Crippen molar-refractivity contribution in [2.75, 3.05) is 6.54 Å². The van der Waals surface area contributed by atoms with Crippen LogP contribution in [0.1, 0.15) is 62.3 Å². The van der Waals surface area contributed by atoms with Gasteiger partial charge in [0.15, 0.2) is 0 Å². The molecule has 1 fully saturated rings. The Morgan fingerprint density at radius 3 is 1.47 bits per heavy atom. The summed E-state index contributed by atoms with van der Waals surface area (Å²) in [6.07, 6.45) is 0. The Balaban J connectivity index is 3.30. The molecule has 0 radical (unpaired) electrons. The minimum absolute atomic E-state index is 0.150. The van der Waals surface area contributed by atoms with Crippen molar-refractivity contribution in [3.05, 3.63) is 0 Å². The predicted octanol–water partition coefficient (Wildman–Crippen LogP) is 4.84. The molecule has 0 bridgehead atoms. The molecular formula is C14H30Br2N2Si. The molecule has 1 unspecified atom stereocenters. The van der Waals surface area contributed by atoms with Crippen LogP contribution < -0.4 is 0 Å². The van der Waals surface area contributed by atoms with Gasteiger partial charge in [-0.1, -0.05) is 51.4 Å². The van der Waals surface area contributed by atoms with E-state index in [1.54, 1.807) is 0 Å². The summed E-state index contributed by atoms with van der Waals surface area (Å²) in [6.45, 7) is 22.1. The van der Waals surface area contributed by atoms with E-state index in [1.807, 2.05) is 0 Å². The fraction of sp³-hybridized carbons (Fsp3) is 1.00. The maximum absolute atomic E-state index is 4.09. The predicted molar refractivity (Wildman–Crippen MR) is 94.9 cm³/mol. The first-order valence-corrected chi connectivity index (χ1v) is 13.5. The molecule has 19 heavy (non-hydrogen) atoms. The Bertz CT molecular complexity index is 337. The quantitative estimate of drug-likeness (QED) is 0.414. The second kappa shape index (κ2) is 5.08. The van der Waals surface area contributed by atoms with Crippen molar-refractivity contribution in [2.45, 2.75) is 79.4 Å². The third-order valence-corrected chi connectivity index (χ3v) is 11.7. The van der Waals surface area contributed by atoms with E-state index in [4.69, 9.17) is 0 Å². The number of rotatable bonds is 0. The molecule has 2 nitrogen and oxygen atoms in total. The van der Waals surface area contributed by atoms with Crippen LogP contribution in [0.4, 0.5) is 0 Å². The highest BCUT2D eigenvalue weighted by molar-refractivity contribution is 9.50. The van der Waals surface area contributed by atoms with Crippen molar-refractivity contribution in [1.82, 2.24) is 9.13 Å². The normalized spacial score (nSPS) is 27.0. The second-order valence-corrected chi connectivity index (χ2v) is 20.6. The zero-order chi connectivity index (χ0) is 15.4. The minimum Gasteiger partial charge on any atom is -0.288 e. The molecule has 1 saturated heterocycles. The van der Waals surface area contributed by atoms with E-state index in [0.717, 1.165) is 6.54 Å². The van der Waals surface area contributed by atoms with E-state index in [9.17, 15) is 0 Å². The van der Waals surface area contributed by atoms with E-state index in [2.05, 4.69) is 102 Å². The first kappa shape index (κ1) is 18.1. The van der Waals surface area contributed by atoms with Crippen molar-refractivity contribution in [2.24, 2.45) is 5.41 Å². The molecular weight excluding hydrogens is 384 g/mol. The van der Waals surface area contributed by atoms with E-state index < -0.39 is 5.64 Å². The van der Waals surface area contributed by atoms with Crippen LogP contribution in [0.25, 0.3) is 0 Å². The van der Waals surface area contributed by atoms with E-state index in [0.29, 0.717) is 6.04 Å². The number of nitrogens with zero attached hydrogens (tertiary/aromatic N) is 2. The molecule has 1 rings (SSSR count). The fourth-order valence-electron chi connectivity index (χ4n) is 2.89. The summed E-state index contributed by atoms with van der Waals surface area (Å²) < 4.78 is 5.34.